The van der Waals surface area contributed by atoms with Crippen LogP contribution in [0, 0.1) is 5.41 Å². The molecule has 1 heterocycles. The van der Waals surface area contributed by atoms with E-state index in [0.29, 0.717) is 19.5 Å². The maximum atomic E-state index is 13.1. The van der Waals surface area contributed by atoms with E-state index in [9.17, 15) is 14.4 Å². The number of aryl methyl sites for hydroxylation is 1. The van der Waals surface area contributed by atoms with Crippen molar-refractivity contribution in [1.29, 1.82) is 0 Å². The Bertz CT molecular complexity index is 761. The van der Waals surface area contributed by atoms with Gasteiger partial charge in [0.05, 0.1) is 0 Å². The van der Waals surface area contributed by atoms with Gasteiger partial charge in [-0.2, -0.15) is 0 Å². The second-order valence-corrected chi connectivity index (χ2v) is 8.00. The van der Waals surface area contributed by atoms with Crippen molar-refractivity contribution in [1.82, 2.24) is 15.1 Å². The summed E-state index contributed by atoms with van der Waals surface area (Å²) >= 11 is 0. The van der Waals surface area contributed by atoms with Crippen LogP contribution in [-0.2, 0) is 21.5 Å². The number of benzene rings is 1. The van der Waals surface area contributed by atoms with Gasteiger partial charge in [0.25, 0.3) is 5.91 Å². The fourth-order valence-electron chi connectivity index (χ4n) is 3.78. The molecule has 26 heavy (non-hydrogen) atoms. The minimum atomic E-state index is -1.02. The van der Waals surface area contributed by atoms with Crippen LogP contribution in [-0.4, -0.2) is 54.3 Å². The van der Waals surface area contributed by atoms with Gasteiger partial charge in [0.15, 0.2) is 0 Å². The van der Waals surface area contributed by atoms with Crippen molar-refractivity contribution in [2.24, 2.45) is 11.1 Å². The van der Waals surface area contributed by atoms with Crippen LogP contribution in [0.25, 0.3) is 0 Å². The number of urea groups is 1. The predicted octanol–water partition coefficient (Wildman–Crippen LogP) is 0.823. The Morgan fingerprint density at radius 1 is 1.35 bits per heavy atom. The van der Waals surface area contributed by atoms with Gasteiger partial charge >= 0.3 is 6.03 Å². The number of rotatable bonds is 5. The maximum absolute atomic E-state index is 13.1. The predicted molar refractivity (Wildman–Crippen MR) is 97.2 cm³/mol. The highest BCUT2D eigenvalue weighted by atomic mass is 16.2. The zero-order chi connectivity index (χ0) is 19.1. The second-order valence-electron chi connectivity index (χ2n) is 8.00. The molecule has 1 aliphatic heterocycles. The first-order valence-electron chi connectivity index (χ1n) is 8.87. The number of imide groups is 1. The van der Waals surface area contributed by atoms with Crippen LogP contribution in [0.5, 0.6) is 0 Å². The van der Waals surface area contributed by atoms with Gasteiger partial charge < -0.3 is 16.0 Å². The Morgan fingerprint density at radius 3 is 2.73 bits per heavy atom. The average Bonchev–Trinajstić information content (AvgIpc) is 3.08. The third kappa shape index (κ3) is 2.96. The number of likely N-dealkylation sites (N-methyl/N-ethyl adjacent to an activating group) is 1. The smallest absolute Gasteiger partial charge is 0.325 e. The molecule has 2 aliphatic rings. The SMILES string of the molecule is CN(CC(C)(C)CN)C(=O)CN1C(=O)NC2(CCc3ccccc32)C1=O. The Hall–Kier alpha value is -2.41. The Balaban J connectivity index is 1.76. The van der Waals surface area contributed by atoms with Crippen LogP contribution >= 0.6 is 0 Å². The molecular formula is C19H26N4O3. The van der Waals surface area contributed by atoms with Gasteiger partial charge in [-0.3, -0.25) is 14.5 Å². The first kappa shape index (κ1) is 18.4. The highest BCUT2D eigenvalue weighted by Gasteiger charge is 2.55. The molecule has 0 saturated carbocycles. The number of nitrogens with zero attached hydrogens (tertiary/aromatic N) is 2. The molecule has 1 saturated heterocycles. The van der Waals surface area contributed by atoms with E-state index < -0.39 is 11.6 Å². The van der Waals surface area contributed by atoms with Crippen LogP contribution < -0.4 is 11.1 Å². The van der Waals surface area contributed by atoms with Gasteiger partial charge in [-0.1, -0.05) is 38.1 Å². The van der Waals surface area contributed by atoms with E-state index in [2.05, 4.69) is 5.32 Å². The van der Waals surface area contributed by atoms with Crippen LogP contribution in [0.1, 0.15) is 31.4 Å². The summed E-state index contributed by atoms with van der Waals surface area (Å²) < 4.78 is 0. The summed E-state index contributed by atoms with van der Waals surface area (Å²) in [6.45, 7) is 4.57. The number of nitrogens with two attached hydrogens (primary N) is 1. The van der Waals surface area contributed by atoms with Gasteiger partial charge in [-0.25, -0.2) is 4.79 Å². The summed E-state index contributed by atoms with van der Waals surface area (Å²) in [4.78, 5) is 40.6. The van der Waals surface area contributed by atoms with E-state index >= 15 is 0 Å². The molecule has 1 aromatic rings. The van der Waals surface area contributed by atoms with Gasteiger partial charge in [0.2, 0.25) is 5.91 Å². The molecule has 4 amide bonds. The Kier molecular flexibility index (Phi) is 4.52. The highest BCUT2D eigenvalue weighted by Crippen LogP contribution is 2.41. The Labute approximate surface area is 153 Å². The van der Waals surface area contributed by atoms with Crippen molar-refractivity contribution >= 4 is 17.8 Å². The van der Waals surface area contributed by atoms with E-state index in [1.807, 2.05) is 38.1 Å². The molecule has 1 aromatic carbocycles. The normalized spacial score (nSPS) is 21.9. The summed E-state index contributed by atoms with van der Waals surface area (Å²) in [5.41, 5.74) is 6.37. The number of hydrogen-bond donors (Lipinski definition) is 2. The van der Waals surface area contributed by atoms with Crippen molar-refractivity contribution in [3.8, 4) is 0 Å². The van der Waals surface area contributed by atoms with Gasteiger partial charge in [0, 0.05) is 13.6 Å². The molecule has 1 atom stereocenters. The molecule has 0 radical (unpaired) electrons. The number of amides is 4. The van der Waals surface area contributed by atoms with Crippen molar-refractivity contribution in [2.75, 3.05) is 26.7 Å². The molecule has 3 rings (SSSR count). The standard InChI is InChI=1S/C19H26N4O3/c1-18(2,11-20)12-22(3)15(24)10-23-16(25)19(21-17(23)26)9-8-13-6-4-5-7-14(13)19/h4-7H,8-12,20H2,1-3H3,(H,21,26). The van der Waals surface area contributed by atoms with E-state index in [0.717, 1.165) is 22.4 Å². The molecule has 7 heteroatoms. The number of fused-ring (bicyclic) bond motifs is 2. The van der Waals surface area contributed by atoms with Gasteiger partial charge in [0.1, 0.15) is 12.1 Å². The molecule has 140 valence electrons. The van der Waals surface area contributed by atoms with E-state index in [-0.39, 0.29) is 23.8 Å². The van der Waals surface area contributed by atoms with Crippen molar-refractivity contribution < 1.29 is 14.4 Å². The zero-order valence-corrected chi connectivity index (χ0v) is 15.5. The van der Waals surface area contributed by atoms with E-state index in [1.165, 1.54) is 4.90 Å². The third-order valence-electron chi connectivity index (χ3n) is 5.36. The minimum Gasteiger partial charge on any atom is -0.344 e. The van der Waals surface area contributed by atoms with Gasteiger partial charge in [-0.15, -0.1) is 0 Å². The fourth-order valence-corrected chi connectivity index (χ4v) is 3.78. The number of carbonyl (C=O) groups excluding carboxylic acids is 3. The lowest BCUT2D eigenvalue weighted by atomic mass is 9.92. The summed E-state index contributed by atoms with van der Waals surface area (Å²) in [6, 6.07) is 7.13. The monoisotopic (exact) mass is 358 g/mol. The fraction of sp³-hybridized carbons (Fsp3) is 0.526. The molecular weight excluding hydrogens is 332 g/mol. The molecule has 0 bridgehead atoms. The summed E-state index contributed by atoms with van der Waals surface area (Å²) in [5, 5.41) is 2.84. The lowest BCUT2D eigenvalue weighted by Crippen LogP contribution is -2.46. The molecule has 1 spiro atoms. The number of carbonyl (C=O) groups is 3. The quantitative estimate of drug-likeness (QED) is 0.762. The second kappa shape index (κ2) is 6.39. The first-order valence-corrected chi connectivity index (χ1v) is 8.87. The molecule has 7 nitrogen and oxygen atoms in total. The van der Waals surface area contributed by atoms with Crippen molar-refractivity contribution in [3.05, 3.63) is 35.4 Å². The zero-order valence-electron chi connectivity index (χ0n) is 15.5. The lowest BCUT2D eigenvalue weighted by molar-refractivity contribution is -0.139. The topological polar surface area (TPSA) is 95.7 Å². The van der Waals surface area contributed by atoms with Crippen molar-refractivity contribution in [2.45, 2.75) is 32.2 Å². The number of nitrogens with one attached hydrogen (secondary N) is 1. The molecule has 3 N–H and O–H groups in total. The maximum Gasteiger partial charge on any atom is 0.325 e. The summed E-state index contributed by atoms with van der Waals surface area (Å²) in [6.07, 6.45) is 1.26. The molecule has 0 aromatic heterocycles. The largest absolute Gasteiger partial charge is 0.344 e. The van der Waals surface area contributed by atoms with E-state index in [4.69, 9.17) is 5.73 Å². The molecule has 1 unspecified atom stereocenters. The molecule has 1 fully saturated rings. The lowest BCUT2D eigenvalue weighted by Gasteiger charge is -2.30. The van der Waals surface area contributed by atoms with Crippen LogP contribution in [0.2, 0.25) is 0 Å². The average molecular weight is 358 g/mol. The summed E-state index contributed by atoms with van der Waals surface area (Å²) in [5.74, 6) is -0.620. The first-order chi connectivity index (χ1) is 12.2. The van der Waals surface area contributed by atoms with Gasteiger partial charge in [-0.05, 0) is 35.9 Å². The van der Waals surface area contributed by atoms with Crippen LogP contribution in [0.4, 0.5) is 4.79 Å². The van der Waals surface area contributed by atoms with Crippen molar-refractivity contribution in [3.63, 3.8) is 0 Å². The summed E-state index contributed by atoms with van der Waals surface area (Å²) in [7, 11) is 1.67. The van der Waals surface area contributed by atoms with Crippen LogP contribution in [0.15, 0.2) is 24.3 Å². The molecule has 1 aliphatic carbocycles. The van der Waals surface area contributed by atoms with E-state index in [1.54, 1.807) is 7.05 Å². The number of hydrogen-bond acceptors (Lipinski definition) is 4. The van der Waals surface area contributed by atoms with Crippen LogP contribution in [0.3, 0.4) is 0 Å². The minimum absolute atomic E-state index is 0.229. The third-order valence-corrected chi connectivity index (χ3v) is 5.36. The Morgan fingerprint density at radius 2 is 2.04 bits per heavy atom. The highest BCUT2D eigenvalue weighted by molar-refractivity contribution is 6.09.